The van der Waals surface area contributed by atoms with Crippen LogP contribution in [0.5, 0.6) is 0 Å². The number of rotatable bonds is 4. The molecular formula is C14H12FNO5. The zero-order valence-electron chi connectivity index (χ0n) is 11.4. The van der Waals surface area contributed by atoms with Gasteiger partial charge in [-0.1, -0.05) is 0 Å². The van der Waals surface area contributed by atoms with Gasteiger partial charge in [-0.15, -0.1) is 0 Å². The number of methoxy groups -OCH3 is 1. The maximum atomic E-state index is 13.2. The summed E-state index contributed by atoms with van der Waals surface area (Å²) in [6.07, 6.45) is 0. The Morgan fingerprint density at radius 3 is 2.43 bits per heavy atom. The van der Waals surface area contributed by atoms with Crippen molar-refractivity contribution in [3.05, 3.63) is 35.1 Å². The highest BCUT2D eigenvalue weighted by Crippen LogP contribution is 2.24. The number of nitrogens with zero attached hydrogens (tertiary/aromatic N) is 1. The summed E-state index contributed by atoms with van der Waals surface area (Å²) in [6.45, 7) is 0.745. The van der Waals surface area contributed by atoms with Crippen LogP contribution < -0.4 is 0 Å². The number of ketones is 1. The van der Waals surface area contributed by atoms with Gasteiger partial charge in [0.25, 0.3) is 11.8 Å². The molecule has 0 aromatic heterocycles. The first-order valence-corrected chi connectivity index (χ1v) is 6.10. The highest BCUT2D eigenvalue weighted by Gasteiger charge is 2.39. The Morgan fingerprint density at radius 2 is 1.86 bits per heavy atom. The third kappa shape index (κ3) is 2.54. The van der Waals surface area contributed by atoms with Gasteiger partial charge in [0.1, 0.15) is 17.5 Å². The number of imide groups is 1. The summed E-state index contributed by atoms with van der Waals surface area (Å²) in [7, 11) is 1.11. The van der Waals surface area contributed by atoms with E-state index >= 15 is 0 Å². The summed E-state index contributed by atoms with van der Waals surface area (Å²) < 4.78 is 17.6. The van der Waals surface area contributed by atoms with E-state index in [2.05, 4.69) is 4.74 Å². The molecule has 0 saturated carbocycles. The van der Waals surface area contributed by atoms with E-state index in [0.29, 0.717) is 0 Å². The van der Waals surface area contributed by atoms with Crippen LogP contribution >= 0.6 is 0 Å². The molecule has 0 N–H and O–H groups in total. The second kappa shape index (κ2) is 5.43. The van der Waals surface area contributed by atoms with Crippen molar-refractivity contribution in [1.82, 2.24) is 4.90 Å². The highest BCUT2D eigenvalue weighted by molar-refractivity contribution is 6.21. The first-order valence-electron chi connectivity index (χ1n) is 6.10. The Bertz CT molecular complexity index is 655. The minimum Gasteiger partial charge on any atom is -0.468 e. The number of carbonyl (C=O) groups is 4. The minimum atomic E-state index is -1.25. The van der Waals surface area contributed by atoms with E-state index in [4.69, 9.17) is 0 Å². The number of Topliss-reactive ketones (excluding diaryl/α,β-unsaturated/α-hetero) is 1. The van der Waals surface area contributed by atoms with Crippen molar-refractivity contribution in [2.45, 2.75) is 6.92 Å². The van der Waals surface area contributed by atoms with Crippen LogP contribution in [0.25, 0.3) is 0 Å². The monoisotopic (exact) mass is 293 g/mol. The van der Waals surface area contributed by atoms with Gasteiger partial charge < -0.3 is 4.74 Å². The summed E-state index contributed by atoms with van der Waals surface area (Å²) in [5, 5.41) is 0. The number of esters is 1. The third-order valence-corrected chi connectivity index (χ3v) is 3.27. The molecule has 0 fully saturated rings. The number of amides is 2. The van der Waals surface area contributed by atoms with E-state index in [0.717, 1.165) is 24.1 Å². The lowest BCUT2D eigenvalue weighted by Gasteiger charge is -2.18. The second-order valence-corrected chi connectivity index (χ2v) is 4.60. The molecule has 110 valence electrons. The molecule has 1 atom stereocenters. The van der Waals surface area contributed by atoms with E-state index in [-0.39, 0.29) is 11.1 Å². The van der Waals surface area contributed by atoms with Crippen molar-refractivity contribution < 1.29 is 28.3 Å². The smallest absolute Gasteiger partial charge is 0.318 e. The van der Waals surface area contributed by atoms with E-state index < -0.39 is 41.8 Å². The molecule has 0 aliphatic carbocycles. The molecule has 1 unspecified atom stereocenters. The molecule has 0 radical (unpaired) electrons. The van der Waals surface area contributed by atoms with Crippen LogP contribution in [0, 0.1) is 11.7 Å². The van der Waals surface area contributed by atoms with Gasteiger partial charge in [-0.25, -0.2) is 4.39 Å². The lowest BCUT2D eigenvalue weighted by molar-refractivity contribution is -0.149. The van der Waals surface area contributed by atoms with Crippen molar-refractivity contribution in [3.63, 3.8) is 0 Å². The Hall–Kier alpha value is -2.57. The number of benzene rings is 1. The molecule has 0 saturated heterocycles. The molecule has 1 aromatic carbocycles. The van der Waals surface area contributed by atoms with Gasteiger partial charge in [0.15, 0.2) is 0 Å². The van der Waals surface area contributed by atoms with Crippen LogP contribution in [0.4, 0.5) is 4.39 Å². The number of fused-ring (bicyclic) bond motifs is 1. The largest absolute Gasteiger partial charge is 0.468 e. The molecule has 1 heterocycles. The van der Waals surface area contributed by atoms with Gasteiger partial charge in [0.05, 0.1) is 18.2 Å². The van der Waals surface area contributed by atoms with Gasteiger partial charge in [-0.3, -0.25) is 24.1 Å². The van der Waals surface area contributed by atoms with Crippen LogP contribution in [-0.2, 0) is 14.3 Å². The van der Waals surface area contributed by atoms with Crippen LogP contribution in [0.15, 0.2) is 18.2 Å². The summed E-state index contributed by atoms with van der Waals surface area (Å²) in [5.41, 5.74) is -0.0271. The van der Waals surface area contributed by atoms with E-state index in [1.54, 1.807) is 0 Å². The van der Waals surface area contributed by atoms with Gasteiger partial charge in [0.2, 0.25) is 0 Å². The molecule has 0 spiro atoms. The average Bonchev–Trinajstić information content (AvgIpc) is 2.67. The number of halogens is 1. The summed E-state index contributed by atoms with van der Waals surface area (Å²) in [4.78, 5) is 48.0. The molecule has 6 nitrogen and oxygen atoms in total. The van der Waals surface area contributed by atoms with Crippen molar-refractivity contribution in [3.8, 4) is 0 Å². The molecular weight excluding hydrogens is 281 g/mol. The maximum Gasteiger partial charge on any atom is 0.318 e. The topological polar surface area (TPSA) is 80.8 Å². The predicted octanol–water partition coefficient (Wildman–Crippen LogP) is 0.800. The Morgan fingerprint density at radius 1 is 1.24 bits per heavy atom. The van der Waals surface area contributed by atoms with Crippen molar-refractivity contribution in [2.24, 2.45) is 5.92 Å². The first-order chi connectivity index (χ1) is 9.86. The van der Waals surface area contributed by atoms with Crippen molar-refractivity contribution in [1.29, 1.82) is 0 Å². The first kappa shape index (κ1) is 14.8. The number of carbonyl (C=O) groups excluding carboxylic acids is 4. The normalized spacial score (nSPS) is 14.9. The third-order valence-electron chi connectivity index (χ3n) is 3.27. The summed E-state index contributed by atoms with van der Waals surface area (Å²) >= 11 is 0. The number of hydrogen-bond donors (Lipinski definition) is 0. The Balaban J connectivity index is 2.31. The van der Waals surface area contributed by atoms with Crippen LogP contribution in [-0.4, -0.2) is 42.1 Å². The SMILES string of the molecule is COC(=O)C(CN1C(=O)c2ccc(F)cc2C1=O)C(C)=O. The van der Waals surface area contributed by atoms with Gasteiger partial charge in [0, 0.05) is 6.54 Å². The van der Waals surface area contributed by atoms with Gasteiger partial charge in [-0.05, 0) is 25.1 Å². The van der Waals surface area contributed by atoms with Crippen molar-refractivity contribution >= 4 is 23.6 Å². The van der Waals surface area contributed by atoms with Crippen LogP contribution in [0.1, 0.15) is 27.6 Å². The fraction of sp³-hybridized carbons (Fsp3) is 0.286. The number of hydrogen-bond acceptors (Lipinski definition) is 5. The fourth-order valence-electron chi connectivity index (χ4n) is 2.12. The molecule has 7 heteroatoms. The standard InChI is InChI=1S/C14H12FNO5/c1-7(17)11(14(20)21-2)6-16-12(18)9-4-3-8(15)5-10(9)13(16)19/h3-5,11H,6H2,1-2H3. The molecule has 1 aliphatic heterocycles. The van der Waals surface area contributed by atoms with Crippen molar-refractivity contribution in [2.75, 3.05) is 13.7 Å². The Kier molecular flexibility index (Phi) is 3.84. The quantitative estimate of drug-likeness (QED) is 0.466. The Labute approximate surface area is 119 Å². The molecule has 0 bridgehead atoms. The summed E-state index contributed by atoms with van der Waals surface area (Å²) in [5.74, 6) is -4.64. The highest BCUT2D eigenvalue weighted by atomic mass is 19.1. The minimum absolute atomic E-state index is 0.0496. The van der Waals surface area contributed by atoms with E-state index in [1.165, 1.54) is 13.0 Å². The molecule has 2 amide bonds. The fourth-order valence-corrected chi connectivity index (χ4v) is 2.12. The average molecular weight is 293 g/mol. The van der Waals surface area contributed by atoms with Crippen LogP contribution in [0.3, 0.4) is 0 Å². The molecule has 2 rings (SSSR count). The van der Waals surface area contributed by atoms with Crippen LogP contribution in [0.2, 0.25) is 0 Å². The molecule has 1 aromatic rings. The molecule has 21 heavy (non-hydrogen) atoms. The molecule has 1 aliphatic rings. The second-order valence-electron chi connectivity index (χ2n) is 4.60. The number of ether oxygens (including phenoxy) is 1. The van der Waals surface area contributed by atoms with Gasteiger partial charge in [-0.2, -0.15) is 0 Å². The van der Waals surface area contributed by atoms with E-state index in [9.17, 15) is 23.6 Å². The summed E-state index contributed by atoms with van der Waals surface area (Å²) in [6, 6.07) is 3.22. The predicted molar refractivity (Wildman–Crippen MR) is 68.0 cm³/mol. The lowest BCUT2D eigenvalue weighted by atomic mass is 10.1. The zero-order chi connectivity index (χ0) is 15.7. The zero-order valence-corrected chi connectivity index (χ0v) is 11.4. The van der Waals surface area contributed by atoms with Gasteiger partial charge >= 0.3 is 5.97 Å². The lowest BCUT2D eigenvalue weighted by Crippen LogP contribution is -2.40. The maximum absolute atomic E-state index is 13.2. The van der Waals surface area contributed by atoms with E-state index in [1.807, 2.05) is 0 Å².